The van der Waals surface area contributed by atoms with Crippen LogP contribution in [0.1, 0.15) is 46.0 Å². The molecule has 2 aliphatic rings. The Morgan fingerprint density at radius 2 is 1.89 bits per heavy atom. The van der Waals surface area contributed by atoms with E-state index in [9.17, 15) is 24.0 Å². The number of ether oxygens (including phenoxy) is 2. The van der Waals surface area contributed by atoms with Crippen molar-refractivity contribution in [2.45, 2.75) is 57.5 Å². The lowest BCUT2D eigenvalue weighted by atomic mass is 9.98. The molecule has 1 saturated heterocycles. The van der Waals surface area contributed by atoms with Crippen LogP contribution in [0.15, 0.2) is 0 Å². The highest BCUT2D eigenvalue weighted by atomic mass is 16.5. The summed E-state index contributed by atoms with van der Waals surface area (Å²) in [5.74, 6) is -2.74. The van der Waals surface area contributed by atoms with Crippen LogP contribution in [0.2, 0.25) is 0 Å². The molecule has 1 spiro atoms. The monoisotopic (exact) mass is 397 g/mol. The first kappa shape index (κ1) is 21.6. The predicted octanol–water partition coefficient (Wildman–Crippen LogP) is 0.0981. The number of hydrogen-bond donors (Lipinski definition) is 2. The summed E-state index contributed by atoms with van der Waals surface area (Å²) in [6.45, 7) is 2.45. The molecule has 0 unspecified atom stereocenters. The molecule has 2 N–H and O–H groups in total. The van der Waals surface area contributed by atoms with Crippen LogP contribution < -0.4 is 10.6 Å². The lowest BCUT2D eigenvalue weighted by molar-refractivity contribution is -0.152. The second-order valence-corrected chi connectivity index (χ2v) is 7.23. The van der Waals surface area contributed by atoms with Gasteiger partial charge in [0.05, 0.1) is 7.11 Å². The van der Waals surface area contributed by atoms with E-state index in [-0.39, 0.29) is 5.92 Å². The second-order valence-electron chi connectivity index (χ2n) is 7.23. The summed E-state index contributed by atoms with van der Waals surface area (Å²) in [5.41, 5.74) is -0.904. The van der Waals surface area contributed by atoms with Crippen LogP contribution in [-0.2, 0) is 28.7 Å². The molecule has 28 heavy (non-hydrogen) atoms. The van der Waals surface area contributed by atoms with Gasteiger partial charge in [-0.05, 0) is 18.8 Å². The zero-order valence-electron chi connectivity index (χ0n) is 16.4. The van der Waals surface area contributed by atoms with Crippen molar-refractivity contribution in [2.24, 2.45) is 5.92 Å². The molecular weight excluding hydrogens is 370 g/mol. The zero-order valence-corrected chi connectivity index (χ0v) is 16.4. The van der Waals surface area contributed by atoms with Gasteiger partial charge in [-0.3, -0.25) is 19.3 Å². The van der Waals surface area contributed by atoms with E-state index in [1.807, 2.05) is 6.92 Å². The Hall–Kier alpha value is -2.65. The van der Waals surface area contributed by atoms with E-state index in [2.05, 4.69) is 15.4 Å². The molecule has 2 atom stereocenters. The van der Waals surface area contributed by atoms with Gasteiger partial charge < -0.3 is 20.1 Å². The highest BCUT2D eigenvalue weighted by Gasteiger charge is 2.52. The summed E-state index contributed by atoms with van der Waals surface area (Å²) >= 11 is 0. The van der Waals surface area contributed by atoms with E-state index in [1.54, 1.807) is 6.92 Å². The van der Waals surface area contributed by atoms with E-state index < -0.39 is 54.5 Å². The Morgan fingerprint density at radius 3 is 2.46 bits per heavy atom. The number of esters is 2. The average molecular weight is 397 g/mol. The molecule has 2 fully saturated rings. The number of amides is 4. The van der Waals surface area contributed by atoms with Gasteiger partial charge in [-0.25, -0.2) is 9.59 Å². The van der Waals surface area contributed by atoms with E-state index >= 15 is 0 Å². The average Bonchev–Trinajstić information content (AvgIpc) is 3.24. The molecule has 1 aliphatic carbocycles. The van der Waals surface area contributed by atoms with Crippen LogP contribution in [0.4, 0.5) is 4.79 Å². The van der Waals surface area contributed by atoms with Crippen molar-refractivity contribution in [3.8, 4) is 0 Å². The number of rotatable bonds is 8. The first-order chi connectivity index (χ1) is 13.2. The number of nitrogens with zero attached hydrogens (tertiary/aromatic N) is 1. The summed E-state index contributed by atoms with van der Waals surface area (Å²) in [7, 11) is 1.22. The number of carbonyl (C=O) groups excluding carboxylic acids is 5. The predicted molar refractivity (Wildman–Crippen MR) is 95.8 cm³/mol. The highest BCUT2D eigenvalue weighted by molar-refractivity contribution is 6.08. The molecule has 0 radical (unpaired) electrons. The molecule has 0 aromatic rings. The van der Waals surface area contributed by atoms with Gasteiger partial charge in [0, 0.05) is 0 Å². The minimum absolute atomic E-state index is 0.166. The van der Waals surface area contributed by atoms with E-state index in [4.69, 9.17) is 4.74 Å². The summed E-state index contributed by atoms with van der Waals surface area (Å²) < 4.78 is 9.53. The van der Waals surface area contributed by atoms with Crippen LogP contribution in [0.25, 0.3) is 0 Å². The molecular formula is C18H27N3O7. The molecule has 0 bridgehead atoms. The molecule has 1 aliphatic heterocycles. The zero-order chi connectivity index (χ0) is 20.9. The summed E-state index contributed by atoms with van der Waals surface area (Å²) in [5, 5.41) is 5.14. The molecule has 0 aromatic heterocycles. The maximum atomic E-state index is 12.5. The molecule has 1 heterocycles. The smallest absolute Gasteiger partial charge is 0.328 e. The standard InChI is InChI=1S/C18H27N3O7/c1-4-11(2)14(15(24)27-3)19-12(22)10-28-13(23)9-21-16(25)18(20-17(21)26)7-5-6-8-18/h11,14H,4-10H2,1-3H3,(H,19,22)(H,20,26)/t11-,14-/m0/s1. The lowest BCUT2D eigenvalue weighted by Crippen LogP contribution is -2.47. The first-order valence-electron chi connectivity index (χ1n) is 9.41. The lowest BCUT2D eigenvalue weighted by Gasteiger charge is -2.22. The fourth-order valence-corrected chi connectivity index (χ4v) is 3.47. The van der Waals surface area contributed by atoms with Crippen LogP contribution >= 0.6 is 0 Å². The topological polar surface area (TPSA) is 131 Å². The van der Waals surface area contributed by atoms with Crippen molar-refractivity contribution in [2.75, 3.05) is 20.3 Å². The minimum Gasteiger partial charge on any atom is -0.467 e. The fourth-order valence-electron chi connectivity index (χ4n) is 3.47. The Labute approximate surface area is 163 Å². The van der Waals surface area contributed by atoms with Crippen LogP contribution in [-0.4, -0.2) is 66.5 Å². The summed E-state index contributed by atoms with van der Waals surface area (Å²) in [6, 6.07) is -1.48. The van der Waals surface area contributed by atoms with Crippen molar-refractivity contribution < 1.29 is 33.4 Å². The van der Waals surface area contributed by atoms with E-state index in [0.717, 1.165) is 17.7 Å². The van der Waals surface area contributed by atoms with E-state index in [0.29, 0.717) is 19.3 Å². The van der Waals surface area contributed by atoms with Gasteiger partial charge in [0.25, 0.3) is 11.8 Å². The molecule has 10 nitrogen and oxygen atoms in total. The number of hydrogen-bond acceptors (Lipinski definition) is 7. The third kappa shape index (κ3) is 4.60. The van der Waals surface area contributed by atoms with Gasteiger partial charge in [0.15, 0.2) is 6.61 Å². The second kappa shape index (κ2) is 9.03. The van der Waals surface area contributed by atoms with Gasteiger partial charge in [-0.15, -0.1) is 0 Å². The van der Waals surface area contributed by atoms with Crippen LogP contribution in [0.3, 0.4) is 0 Å². The number of carbonyl (C=O) groups is 5. The van der Waals surface area contributed by atoms with Crippen molar-refractivity contribution in [3.63, 3.8) is 0 Å². The van der Waals surface area contributed by atoms with Gasteiger partial charge in [-0.2, -0.15) is 0 Å². The van der Waals surface area contributed by atoms with Crippen molar-refractivity contribution >= 4 is 29.8 Å². The minimum atomic E-state index is -0.904. The Kier molecular flexibility index (Phi) is 6.98. The van der Waals surface area contributed by atoms with Crippen LogP contribution in [0, 0.1) is 5.92 Å². The largest absolute Gasteiger partial charge is 0.467 e. The molecule has 1 saturated carbocycles. The Bertz CT molecular complexity index is 658. The van der Waals surface area contributed by atoms with Crippen molar-refractivity contribution in [1.82, 2.24) is 15.5 Å². The van der Waals surface area contributed by atoms with Crippen LogP contribution in [0.5, 0.6) is 0 Å². The first-order valence-corrected chi connectivity index (χ1v) is 9.41. The number of nitrogens with one attached hydrogen (secondary N) is 2. The van der Waals surface area contributed by atoms with E-state index in [1.165, 1.54) is 7.11 Å². The summed E-state index contributed by atoms with van der Waals surface area (Å²) in [4.78, 5) is 61.1. The Balaban J connectivity index is 1.85. The van der Waals surface area contributed by atoms with Crippen molar-refractivity contribution in [1.29, 1.82) is 0 Å². The van der Waals surface area contributed by atoms with Gasteiger partial charge in [-0.1, -0.05) is 33.1 Å². The maximum absolute atomic E-state index is 12.5. The van der Waals surface area contributed by atoms with Gasteiger partial charge in [0.1, 0.15) is 18.1 Å². The molecule has 156 valence electrons. The molecule has 10 heteroatoms. The maximum Gasteiger partial charge on any atom is 0.328 e. The Morgan fingerprint density at radius 1 is 1.25 bits per heavy atom. The number of methoxy groups -OCH3 is 1. The highest BCUT2D eigenvalue weighted by Crippen LogP contribution is 2.34. The van der Waals surface area contributed by atoms with Gasteiger partial charge >= 0.3 is 18.0 Å². The quantitative estimate of drug-likeness (QED) is 0.438. The molecule has 4 amide bonds. The number of urea groups is 1. The third-order valence-corrected chi connectivity index (χ3v) is 5.34. The number of imide groups is 1. The third-order valence-electron chi connectivity index (χ3n) is 5.34. The van der Waals surface area contributed by atoms with Crippen molar-refractivity contribution in [3.05, 3.63) is 0 Å². The SMILES string of the molecule is CC[C@H](C)[C@H](NC(=O)COC(=O)CN1C(=O)NC2(CCCC2)C1=O)C(=O)OC. The van der Waals surface area contributed by atoms with Gasteiger partial charge in [0.2, 0.25) is 0 Å². The summed E-state index contributed by atoms with van der Waals surface area (Å²) in [6.07, 6.45) is 3.41. The molecule has 0 aromatic carbocycles. The fraction of sp³-hybridized carbons (Fsp3) is 0.722. The normalized spacial score (nSPS) is 19.9. The molecule has 2 rings (SSSR count).